The molecule has 0 atom stereocenters. The van der Waals surface area contributed by atoms with Crippen LogP contribution in [0.5, 0.6) is 5.75 Å². The van der Waals surface area contributed by atoms with E-state index >= 15 is 0 Å². The van der Waals surface area contributed by atoms with Crippen LogP contribution in [0.3, 0.4) is 0 Å². The number of aryl methyl sites for hydroxylation is 1. The molecule has 2 N–H and O–H groups in total. The molecule has 0 heterocycles. The van der Waals surface area contributed by atoms with Gasteiger partial charge >= 0.3 is 0 Å². The minimum absolute atomic E-state index is 0.486. The molecule has 0 aromatic heterocycles. The number of nitrogen functional groups attached to an aromatic ring is 1. The molecule has 0 aliphatic rings. The molecule has 20 heavy (non-hydrogen) atoms. The second kappa shape index (κ2) is 6.99. The molecule has 0 aliphatic carbocycles. The van der Waals surface area contributed by atoms with Crippen LogP contribution < -0.4 is 10.5 Å². The maximum Gasteiger partial charge on any atom is 0.122 e. The quantitative estimate of drug-likeness (QED) is 0.623. The summed E-state index contributed by atoms with van der Waals surface area (Å²) in [7, 11) is 0. The number of hydrogen-bond donors (Lipinski definition) is 1. The topological polar surface area (TPSA) is 35.2 Å². The molecule has 2 rings (SSSR count). The average molecular weight is 269 g/mol. The molecule has 0 amide bonds. The maximum atomic E-state index is 5.92. The summed E-state index contributed by atoms with van der Waals surface area (Å²) in [4.78, 5) is 0. The van der Waals surface area contributed by atoms with Crippen LogP contribution in [0.25, 0.3) is 0 Å². The van der Waals surface area contributed by atoms with Crippen molar-refractivity contribution >= 4 is 5.69 Å². The van der Waals surface area contributed by atoms with Crippen LogP contribution in [0.1, 0.15) is 37.3 Å². The smallest absolute Gasteiger partial charge is 0.122 e. The number of ether oxygens (including phenoxy) is 1. The monoisotopic (exact) mass is 269 g/mol. The minimum atomic E-state index is 0.486. The molecule has 0 saturated heterocycles. The summed E-state index contributed by atoms with van der Waals surface area (Å²) >= 11 is 0. The summed E-state index contributed by atoms with van der Waals surface area (Å²) in [5.41, 5.74) is 9.15. The normalized spacial score (nSPS) is 10.8. The van der Waals surface area contributed by atoms with Gasteiger partial charge in [0, 0.05) is 5.69 Å². The van der Waals surface area contributed by atoms with Crippen LogP contribution in [0.15, 0.2) is 48.5 Å². The van der Waals surface area contributed by atoms with Gasteiger partial charge in [-0.1, -0.05) is 44.2 Å². The van der Waals surface area contributed by atoms with Crippen molar-refractivity contribution in [3.8, 4) is 5.75 Å². The van der Waals surface area contributed by atoms with Gasteiger partial charge in [0.1, 0.15) is 5.75 Å². The molecule has 2 nitrogen and oxygen atoms in total. The summed E-state index contributed by atoms with van der Waals surface area (Å²) in [5, 5.41) is 0. The van der Waals surface area contributed by atoms with E-state index in [1.54, 1.807) is 0 Å². The highest BCUT2D eigenvalue weighted by Crippen LogP contribution is 2.25. The summed E-state index contributed by atoms with van der Waals surface area (Å²) in [6.45, 7) is 5.11. The molecule has 0 aliphatic heterocycles. The highest BCUT2D eigenvalue weighted by molar-refractivity contribution is 5.40. The van der Waals surface area contributed by atoms with Gasteiger partial charge in [-0.05, 0) is 48.1 Å². The number of hydrogen-bond acceptors (Lipinski definition) is 2. The average Bonchev–Trinajstić information content (AvgIpc) is 2.44. The highest BCUT2D eigenvalue weighted by Gasteiger charge is 2.06. The van der Waals surface area contributed by atoms with Crippen molar-refractivity contribution < 1.29 is 4.74 Å². The third-order valence-corrected chi connectivity index (χ3v) is 3.36. The Balaban J connectivity index is 1.84. The number of anilines is 1. The van der Waals surface area contributed by atoms with E-state index in [1.165, 1.54) is 11.1 Å². The first kappa shape index (κ1) is 14.4. The van der Waals surface area contributed by atoms with Crippen molar-refractivity contribution in [3.63, 3.8) is 0 Å². The number of nitrogens with two attached hydrogens (primary N) is 1. The standard InChI is InChI=1S/C18H23NO/c1-14(2)17-10-3-4-11-18(17)20-12-6-8-15-7-5-9-16(19)13-15/h3-5,7,9-11,13-14H,6,8,12,19H2,1-2H3. The van der Waals surface area contributed by atoms with E-state index in [-0.39, 0.29) is 0 Å². The van der Waals surface area contributed by atoms with Crippen LogP contribution in [-0.2, 0) is 6.42 Å². The van der Waals surface area contributed by atoms with Crippen LogP contribution in [0.4, 0.5) is 5.69 Å². The highest BCUT2D eigenvalue weighted by atomic mass is 16.5. The van der Waals surface area contributed by atoms with E-state index in [0.717, 1.165) is 30.9 Å². The Morgan fingerprint density at radius 2 is 1.85 bits per heavy atom. The Labute approximate surface area is 121 Å². The molecule has 106 valence electrons. The second-order valence-corrected chi connectivity index (χ2v) is 5.39. The van der Waals surface area contributed by atoms with Crippen molar-refractivity contribution in [2.24, 2.45) is 0 Å². The fourth-order valence-corrected chi connectivity index (χ4v) is 2.30. The predicted octanol–water partition coefficient (Wildman–Crippen LogP) is 4.40. The summed E-state index contributed by atoms with van der Waals surface area (Å²) < 4.78 is 5.92. The van der Waals surface area contributed by atoms with Crippen LogP contribution in [0.2, 0.25) is 0 Å². The van der Waals surface area contributed by atoms with Gasteiger partial charge in [-0.15, -0.1) is 0 Å². The fraction of sp³-hybridized carbons (Fsp3) is 0.333. The van der Waals surface area contributed by atoms with Crippen LogP contribution >= 0.6 is 0 Å². The Bertz CT molecular complexity index is 549. The summed E-state index contributed by atoms with van der Waals surface area (Å²) in [6.07, 6.45) is 1.99. The van der Waals surface area contributed by atoms with Gasteiger partial charge in [-0.2, -0.15) is 0 Å². The van der Waals surface area contributed by atoms with Crippen molar-refractivity contribution in [2.45, 2.75) is 32.6 Å². The lowest BCUT2D eigenvalue weighted by molar-refractivity contribution is 0.307. The van der Waals surface area contributed by atoms with E-state index in [9.17, 15) is 0 Å². The Morgan fingerprint density at radius 3 is 2.60 bits per heavy atom. The van der Waals surface area contributed by atoms with Crippen molar-refractivity contribution in [3.05, 3.63) is 59.7 Å². The number of para-hydroxylation sites is 1. The van der Waals surface area contributed by atoms with Crippen molar-refractivity contribution in [2.75, 3.05) is 12.3 Å². The zero-order valence-corrected chi connectivity index (χ0v) is 12.3. The van der Waals surface area contributed by atoms with Gasteiger partial charge in [0.15, 0.2) is 0 Å². The molecule has 0 spiro atoms. The van der Waals surface area contributed by atoms with Gasteiger partial charge in [-0.25, -0.2) is 0 Å². The Hall–Kier alpha value is -1.96. The molecular formula is C18H23NO. The molecule has 2 heteroatoms. The van der Waals surface area contributed by atoms with Gasteiger partial charge in [0.2, 0.25) is 0 Å². The Morgan fingerprint density at radius 1 is 1.05 bits per heavy atom. The predicted molar refractivity (Wildman–Crippen MR) is 85.2 cm³/mol. The lowest BCUT2D eigenvalue weighted by Gasteiger charge is -2.13. The zero-order valence-electron chi connectivity index (χ0n) is 12.3. The number of benzene rings is 2. The number of rotatable bonds is 6. The summed E-state index contributed by atoms with van der Waals surface area (Å²) in [6, 6.07) is 16.3. The van der Waals surface area contributed by atoms with Crippen LogP contribution in [0, 0.1) is 0 Å². The van der Waals surface area contributed by atoms with E-state index in [4.69, 9.17) is 10.5 Å². The third-order valence-electron chi connectivity index (χ3n) is 3.36. The van der Waals surface area contributed by atoms with E-state index < -0.39 is 0 Å². The minimum Gasteiger partial charge on any atom is -0.493 e. The van der Waals surface area contributed by atoms with E-state index in [2.05, 4.69) is 38.1 Å². The van der Waals surface area contributed by atoms with Gasteiger partial charge < -0.3 is 10.5 Å². The van der Waals surface area contributed by atoms with E-state index in [0.29, 0.717) is 5.92 Å². The van der Waals surface area contributed by atoms with Crippen LogP contribution in [-0.4, -0.2) is 6.61 Å². The van der Waals surface area contributed by atoms with Gasteiger partial charge in [-0.3, -0.25) is 0 Å². The summed E-state index contributed by atoms with van der Waals surface area (Å²) in [5.74, 6) is 1.50. The Kier molecular flexibility index (Phi) is 5.05. The third kappa shape index (κ3) is 4.02. The maximum absolute atomic E-state index is 5.92. The van der Waals surface area contributed by atoms with Gasteiger partial charge in [0.05, 0.1) is 6.61 Å². The fourth-order valence-electron chi connectivity index (χ4n) is 2.30. The zero-order chi connectivity index (χ0) is 14.4. The first-order chi connectivity index (χ1) is 9.66. The molecule has 0 bridgehead atoms. The largest absolute Gasteiger partial charge is 0.493 e. The SMILES string of the molecule is CC(C)c1ccccc1OCCCc1cccc(N)c1. The molecule has 0 saturated carbocycles. The first-order valence-corrected chi connectivity index (χ1v) is 7.23. The first-order valence-electron chi connectivity index (χ1n) is 7.23. The van der Waals surface area contributed by atoms with Gasteiger partial charge in [0.25, 0.3) is 0 Å². The second-order valence-electron chi connectivity index (χ2n) is 5.39. The molecule has 0 unspecified atom stereocenters. The molecule has 2 aromatic carbocycles. The van der Waals surface area contributed by atoms with Crippen molar-refractivity contribution in [1.29, 1.82) is 0 Å². The molecular weight excluding hydrogens is 246 g/mol. The molecule has 0 radical (unpaired) electrons. The van der Waals surface area contributed by atoms with E-state index in [1.807, 2.05) is 24.3 Å². The lowest BCUT2D eigenvalue weighted by atomic mass is 10.0. The van der Waals surface area contributed by atoms with Crippen molar-refractivity contribution in [1.82, 2.24) is 0 Å². The lowest BCUT2D eigenvalue weighted by Crippen LogP contribution is -2.02. The molecule has 2 aromatic rings. The molecule has 0 fully saturated rings.